The van der Waals surface area contributed by atoms with Crippen molar-refractivity contribution in [1.29, 1.82) is 0 Å². The largest absolute Gasteiger partial charge is 0.348 e. The molecule has 0 spiro atoms. The summed E-state index contributed by atoms with van der Waals surface area (Å²) in [6.45, 7) is 1.44. The summed E-state index contributed by atoms with van der Waals surface area (Å²) in [5.41, 5.74) is 8.14. The summed E-state index contributed by atoms with van der Waals surface area (Å²) in [7, 11) is 2.17. The molecule has 1 aliphatic heterocycles. The van der Waals surface area contributed by atoms with Crippen LogP contribution in [0.1, 0.15) is 17.0 Å². The molecule has 2 heterocycles. The number of H-pyrrole nitrogens is 1. The zero-order chi connectivity index (χ0) is 14.7. The Labute approximate surface area is 124 Å². The smallest absolute Gasteiger partial charge is 0.215 e. The molecule has 21 heavy (non-hydrogen) atoms. The zero-order valence-corrected chi connectivity index (χ0v) is 12.2. The minimum Gasteiger partial charge on any atom is -0.348 e. The molecule has 1 unspecified atom stereocenters. The van der Waals surface area contributed by atoms with Crippen molar-refractivity contribution in [2.24, 2.45) is 10.7 Å². The molecule has 0 bridgehead atoms. The number of hydrogen-bond donors (Lipinski definition) is 2. The SMILES string of the molecule is C[N+]1(Cc2cccc(CN)c2)C=CN=C1Cc1ncc[nH]1. The number of quaternary nitrogens is 1. The molecule has 1 atom stereocenters. The van der Waals surface area contributed by atoms with Crippen LogP contribution >= 0.6 is 0 Å². The van der Waals surface area contributed by atoms with Crippen LogP contribution in [0.4, 0.5) is 0 Å². The van der Waals surface area contributed by atoms with Gasteiger partial charge in [0.25, 0.3) is 0 Å². The molecule has 0 amide bonds. The third kappa shape index (κ3) is 2.94. The normalized spacial score (nSPS) is 20.8. The van der Waals surface area contributed by atoms with Gasteiger partial charge in [0, 0.05) is 24.5 Å². The van der Waals surface area contributed by atoms with Crippen LogP contribution < -0.4 is 5.73 Å². The summed E-state index contributed by atoms with van der Waals surface area (Å²) in [6.07, 6.45) is 8.34. The van der Waals surface area contributed by atoms with Gasteiger partial charge in [0.1, 0.15) is 25.0 Å². The Hall–Kier alpha value is -2.24. The highest BCUT2D eigenvalue weighted by Gasteiger charge is 2.31. The molecule has 0 aliphatic carbocycles. The molecule has 2 aromatic rings. The average molecular weight is 282 g/mol. The van der Waals surface area contributed by atoms with Gasteiger partial charge in [0.2, 0.25) is 5.84 Å². The lowest BCUT2D eigenvalue weighted by molar-refractivity contribution is -0.779. The second kappa shape index (κ2) is 5.63. The lowest BCUT2D eigenvalue weighted by atomic mass is 10.1. The summed E-state index contributed by atoms with van der Waals surface area (Å²) >= 11 is 0. The number of nitrogens with zero attached hydrogens (tertiary/aromatic N) is 3. The highest BCUT2D eigenvalue weighted by molar-refractivity contribution is 5.79. The molecule has 1 aromatic carbocycles. The van der Waals surface area contributed by atoms with Crippen LogP contribution in [0, 0.1) is 0 Å². The van der Waals surface area contributed by atoms with Gasteiger partial charge in [0.15, 0.2) is 0 Å². The van der Waals surface area contributed by atoms with Gasteiger partial charge in [-0.1, -0.05) is 18.2 Å². The Bertz CT molecular complexity index is 672. The van der Waals surface area contributed by atoms with Gasteiger partial charge in [-0.15, -0.1) is 0 Å². The van der Waals surface area contributed by atoms with E-state index in [1.54, 1.807) is 6.20 Å². The average Bonchev–Trinajstić information content (AvgIpc) is 3.11. The number of imidazole rings is 1. The molecule has 1 aromatic heterocycles. The summed E-state index contributed by atoms with van der Waals surface area (Å²) in [5, 5.41) is 0. The topological polar surface area (TPSA) is 67.1 Å². The van der Waals surface area contributed by atoms with E-state index in [4.69, 9.17) is 5.73 Å². The van der Waals surface area contributed by atoms with Crippen LogP contribution in [0.2, 0.25) is 0 Å². The van der Waals surface area contributed by atoms with E-state index >= 15 is 0 Å². The second-order valence-corrected chi connectivity index (χ2v) is 5.51. The molecule has 1 aliphatic rings. The quantitative estimate of drug-likeness (QED) is 0.823. The molecular weight excluding hydrogens is 262 g/mol. The molecule has 108 valence electrons. The maximum absolute atomic E-state index is 5.72. The van der Waals surface area contributed by atoms with Gasteiger partial charge in [-0.25, -0.2) is 14.5 Å². The Morgan fingerprint density at radius 3 is 2.90 bits per heavy atom. The number of amidine groups is 1. The predicted octanol–water partition coefficient (Wildman–Crippen LogP) is 1.94. The number of rotatable bonds is 5. The van der Waals surface area contributed by atoms with E-state index < -0.39 is 0 Å². The third-order valence-electron chi connectivity index (χ3n) is 3.83. The number of hydrogen-bond acceptors (Lipinski definition) is 3. The molecule has 5 nitrogen and oxygen atoms in total. The number of nitrogens with one attached hydrogen (secondary N) is 1. The number of likely N-dealkylation sites (N-methyl/N-ethyl adjacent to an activating group) is 1. The fourth-order valence-corrected chi connectivity index (χ4v) is 2.63. The molecule has 3 rings (SSSR count). The van der Waals surface area contributed by atoms with Crippen LogP contribution in [0.25, 0.3) is 0 Å². The molecule has 0 saturated heterocycles. The maximum atomic E-state index is 5.72. The first-order valence-corrected chi connectivity index (χ1v) is 7.06. The van der Waals surface area contributed by atoms with E-state index in [0.717, 1.165) is 30.2 Å². The number of aromatic nitrogens is 2. The van der Waals surface area contributed by atoms with Crippen LogP contribution in [0.15, 0.2) is 54.1 Å². The molecule has 3 N–H and O–H groups in total. The highest BCUT2D eigenvalue weighted by Crippen LogP contribution is 2.21. The van der Waals surface area contributed by atoms with Gasteiger partial charge in [-0.3, -0.25) is 0 Å². The minimum atomic E-state index is 0.570. The Balaban J connectivity index is 1.79. The van der Waals surface area contributed by atoms with Crippen LogP contribution in [0.3, 0.4) is 0 Å². The standard InChI is InChI=1S/C16H20N5/c1-21(12-14-4-2-3-13(9-14)11-17)8-7-20-16(21)10-15-18-5-6-19-15/h2-9H,10-12,17H2,1H3,(H,18,19)/q+1. The molecule has 0 radical (unpaired) electrons. The Kier molecular flexibility index (Phi) is 3.68. The number of aromatic amines is 1. The van der Waals surface area contributed by atoms with Crippen molar-refractivity contribution in [3.63, 3.8) is 0 Å². The summed E-state index contributed by atoms with van der Waals surface area (Å²) in [6, 6.07) is 8.42. The number of aliphatic imine (C=N–C) groups is 1. The molecule has 0 saturated carbocycles. The van der Waals surface area contributed by atoms with E-state index in [-0.39, 0.29) is 0 Å². The highest BCUT2D eigenvalue weighted by atomic mass is 15.4. The molecular formula is C16H20N5+. The first-order valence-electron chi connectivity index (χ1n) is 7.06. The van der Waals surface area contributed by atoms with E-state index in [9.17, 15) is 0 Å². The summed E-state index contributed by atoms with van der Waals surface area (Å²) < 4.78 is 0.675. The number of nitrogens with two attached hydrogens (primary N) is 1. The first-order chi connectivity index (χ1) is 10.2. The van der Waals surface area contributed by atoms with Crippen molar-refractivity contribution < 1.29 is 4.48 Å². The molecule has 0 fully saturated rings. The van der Waals surface area contributed by atoms with E-state index in [1.165, 1.54) is 5.56 Å². The third-order valence-corrected chi connectivity index (χ3v) is 3.83. The maximum Gasteiger partial charge on any atom is 0.215 e. The van der Waals surface area contributed by atoms with Crippen molar-refractivity contribution >= 4 is 5.84 Å². The van der Waals surface area contributed by atoms with Crippen LogP contribution in [-0.4, -0.2) is 27.3 Å². The van der Waals surface area contributed by atoms with Crippen molar-refractivity contribution in [2.45, 2.75) is 19.5 Å². The lowest BCUT2D eigenvalue weighted by Gasteiger charge is -2.27. The monoisotopic (exact) mass is 282 g/mol. The van der Waals surface area contributed by atoms with Crippen LogP contribution in [0.5, 0.6) is 0 Å². The molecule has 5 heteroatoms. The fraction of sp³-hybridized carbons (Fsp3) is 0.250. The van der Waals surface area contributed by atoms with Gasteiger partial charge in [-0.05, 0) is 11.6 Å². The van der Waals surface area contributed by atoms with E-state index in [1.807, 2.05) is 12.4 Å². The van der Waals surface area contributed by atoms with E-state index in [2.05, 4.69) is 52.5 Å². The van der Waals surface area contributed by atoms with Crippen LogP contribution in [-0.2, 0) is 19.5 Å². The Morgan fingerprint density at radius 2 is 2.14 bits per heavy atom. The van der Waals surface area contributed by atoms with Crippen molar-refractivity contribution in [3.8, 4) is 0 Å². The lowest BCUT2D eigenvalue weighted by Crippen LogP contribution is -2.42. The van der Waals surface area contributed by atoms with Gasteiger partial charge in [0.05, 0.1) is 13.2 Å². The summed E-state index contributed by atoms with van der Waals surface area (Å²) in [4.78, 5) is 12.0. The first kappa shape index (κ1) is 13.7. The predicted molar refractivity (Wildman–Crippen MR) is 83.1 cm³/mol. The summed E-state index contributed by atoms with van der Waals surface area (Å²) in [5.74, 6) is 2.03. The van der Waals surface area contributed by atoms with Crippen molar-refractivity contribution in [1.82, 2.24) is 9.97 Å². The second-order valence-electron chi connectivity index (χ2n) is 5.51. The minimum absolute atomic E-state index is 0.570. The van der Waals surface area contributed by atoms with Crippen molar-refractivity contribution in [3.05, 3.63) is 66.0 Å². The van der Waals surface area contributed by atoms with E-state index in [0.29, 0.717) is 11.0 Å². The van der Waals surface area contributed by atoms with Gasteiger partial charge in [-0.2, -0.15) is 0 Å². The van der Waals surface area contributed by atoms with Gasteiger partial charge < -0.3 is 10.7 Å². The zero-order valence-electron chi connectivity index (χ0n) is 12.2. The van der Waals surface area contributed by atoms with Gasteiger partial charge >= 0.3 is 0 Å². The Morgan fingerprint density at radius 1 is 1.29 bits per heavy atom. The number of benzene rings is 1. The van der Waals surface area contributed by atoms with Crippen molar-refractivity contribution in [2.75, 3.05) is 7.05 Å². The fourth-order valence-electron chi connectivity index (χ4n) is 2.63.